The number of nitriles is 1. The fourth-order valence-corrected chi connectivity index (χ4v) is 2.51. The van der Waals surface area contributed by atoms with Crippen molar-refractivity contribution in [1.82, 2.24) is 10.2 Å². The van der Waals surface area contributed by atoms with E-state index in [0.717, 1.165) is 0 Å². The highest BCUT2D eigenvalue weighted by Crippen LogP contribution is 2.25. The third-order valence-corrected chi connectivity index (χ3v) is 3.61. The molecule has 0 spiro atoms. The number of hydrogen-bond acceptors (Lipinski definition) is 4. The molecule has 2 fully saturated rings. The van der Waals surface area contributed by atoms with Gasteiger partial charge in [0.2, 0.25) is 0 Å². The van der Waals surface area contributed by atoms with Crippen LogP contribution >= 0.6 is 0 Å². The summed E-state index contributed by atoms with van der Waals surface area (Å²) in [6.45, 7) is 1.07. The van der Waals surface area contributed by atoms with Crippen LogP contribution < -0.4 is 5.32 Å². The molecule has 2 N–H and O–H groups in total. The van der Waals surface area contributed by atoms with Crippen molar-refractivity contribution in [3.63, 3.8) is 0 Å². The number of carboxylic acid groups (broad SMARTS) is 1. The summed E-state index contributed by atoms with van der Waals surface area (Å²) in [5.41, 5.74) is 0. The number of morpholine rings is 1. The molecule has 0 radical (unpaired) electrons. The van der Waals surface area contributed by atoms with Crippen LogP contribution in [0.25, 0.3) is 0 Å². The Balaban J connectivity index is 1.81. The lowest BCUT2D eigenvalue weighted by Gasteiger charge is -2.30. The average molecular weight is 267 g/mol. The maximum atomic E-state index is 12.0. The third kappa shape index (κ3) is 3.35. The van der Waals surface area contributed by atoms with E-state index in [-0.39, 0.29) is 24.5 Å². The Morgan fingerprint density at radius 2 is 2.21 bits per heavy atom. The van der Waals surface area contributed by atoms with Crippen molar-refractivity contribution in [2.45, 2.75) is 31.4 Å². The summed E-state index contributed by atoms with van der Waals surface area (Å²) in [6.07, 6.45) is 1.20. The number of carbonyl (C=O) groups is 2. The zero-order valence-electron chi connectivity index (χ0n) is 10.5. The number of urea groups is 1. The highest BCUT2D eigenvalue weighted by molar-refractivity contribution is 5.75. The van der Waals surface area contributed by atoms with Gasteiger partial charge in [-0.05, 0) is 19.3 Å². The molecule has 1 aliphatic heterocycles. The number of nitrogens with zero attached hydrogens (tertiary/aromatic N) is 2. The standard InChI is InChI=1S/C12H17N3O4/c13-6-10-7-15(3-4-19-10)12(18)14-9-2-1-8(5-9)11(16)17/h8-10H,1-5,7H2,(H,14,18)(H,16,17)/t8-,9+,10?/m1/s1. The van der Waals surface area contributed by atoms with Crippen LogP contribution in [0.1, 0.15) is 19.3 Å². The minimum Gasteiger partial charge on any atom is -0.481 e. The predicted molar refractivity (Wildman–Crippen MR) is 64.2 cm³/mol. The number of amides is 2. The molecule has 1 aliphatic carbocycles. The summed E-state index contributed by atoms with van der Waals surface area (Å²) < 4.78 is 5.17. The molecule has 0 bridgehead atoms. The maximum Gasteiger partial charge on any atom is 0.317 e. The first-order valence-electron chi connectivity index (χ1n) is 6.39. The number of ether oxygens (including phenoxy) is 1. The summed E-state index contributed by atoms with van der Waals surface area (Å²) in [4.78, 5) is 24.4. The van der Waals surface area contributed by atoms with Crippen LogP contribution in [-0.2, 0) is 9.53 Å². The summed E-state index contributed by atoms with van der Waals surface area (Å²) in [5.74, 6) is -1.16. The van der Waals surface area contributed by atoms with Crippen LogP contribution in [0.2, 0.25) is 0 Å². The van der Waals surface area contributed by atoms with Crippen LogP contribution in [0.3, 0.4) is 0 Å². The van der Waals surface area contributed by atoms with Gasteiger partial charge in [0.25, 0.3) is 0 Å². The molecule has 7 heteroatoms. The molecule has 0 aromatic heterocycles. The first kappa shape index (κ1) is 13.6. The van der Waals surface area contributed by atoms with E-state index in [0.29, 0.717) is 32.4 Å². The lowest BCUT2D eigenvalue weighted by Crippen LogP contribution is -2.51. The second-order valence-corrected chi connectivity index (χ2v) is 4.93. The highest BCUT2D eigenvalue weighted by Gasteiger charge is 2.32. The Hall–Kier alpha value is -1.81. The summed E-state index contributed by atoms with van der Waals surface area (Å²) in [7, 11) is 0. The molecule has 1 saturated heterocycles. The molecule has 2 rings (SSSR count). The molecule has 1 saturated carbocycles. The Morgan fingerprint density at radius 3 is 2.84 bits per heavy atom. The zero-order valence-corrected chi connectivity index (χ0v) is 10.5. The Kier molecular flexibility index (Phi) is 4.22. The van der Waals surface area contributed by atoms with Crippen LogP contribution in [0.5, 0.6) is 0 Å². The summed E-state index contributed by atoms with van der Waals surface area (Å²) >= 11 is 0. The van der Waals surface area contributed by atoms with Gasteiger partial charge in [0.15, 0.2) is 6.10 Å². The van der Waals surface area contributed by atoms with Gasteiger partial charge in [-0.3, -0.25) is 4.79 Å². The normalized spacial score (nSPS) is 30.7. The number of carbonyl (C=O) groups excluding carboxylic acids is 1. The zero-order chi connectivity index (χ0) is 13.8. The summed E-state index contributed by atoms with van der Waals surface area (Å²) in [5, 5.41) is 20.5. The van der Waals surface area contributed by atoms with Crippen molar-refractivity contribution < 1.29 is 19.4 Å². The van der Waals surface area contributed by atoms with Gasteiger partial charge < -0.3 is 20.1 Å². The van der Waals surface area contributed by atoms with E-state index in [2.05, 4.69) is 5.32 Å². The quantitative estimate of drug-likeness (QED) is 0.742. The summed E-state index contributed by atoms with van der Waals surface area (Å²) in [6, 6.07) is 1.66. The highest BCUT2D eigenvalue weighted by atomic mass is 16.5. The lowest BCUT2D eigenvalue weighted by molar-refractivity contribution is -0.141. The van der Waals surface area contributed by atoms with Crippen molar-refractivity contribution in [2.24, 2.45) is 5.92 Å². The van der Waals surface area contributed by atoms with Gasteiger partial charge in [0, 0.05) is 12.6 Å². The molecule has 1 unspecified atom stereocenters. The molecule has 2 amide bonds. The first-order valence-corrected chi connectivity index (χ1v) is 6.39. The van der Waals surface area contributed by atoms with Gasteiger partial charge in [-0.1, -0.05) is 0 Å². The second-order valence-electron chi connectivity index (χ2n) is 4.93. The van der Waals surface area contributed by atoms with E-state index in [9.17, 15) is 9.59 Å². The van der Waals surface area contributed by atoms with E-state index in [1.165, 1.54) is 0 Å². The molecule has 19 heavy (non-hydrogen) atoms. The Bertz CT molecular complexity index is 406. The number of nitrogens with one attached hydrogen (secondary N) is 1. The molecule has 0 aromatic rings. The second kappa shape index (κ2) is 5.89. The number of aliphatic carboxylic acids is 1. The fraction of sp³-hybridized carbons (Fsp3) is 0.750. The van der Waals surface area contributed by atoms with Crippen LogP contribution in [-0.4, -0.2) is 53.8 Å². The molecular formula is C12H17N3O4. The Morgan fingerprint density at radius 1 is 1.42 bits per heavy atom. The SMILES string of the molecule is N#CC1CN(C(=O)N[C@H]2CC[C@@H](C(=O)O)C2)CCO1. The van der Waals surface area contributed by atoms with E-state index < -0.39 is 12.1 Å². The molecule has 104 valence electrons. The lowest BCUT2D eigenvalue weighted by atomic mass is 10.1. The minimum absolute atomic E-state index is 0.0861. The largest absolute Gasteiger partial charge is 0.481 e. The van der Waals surface area contributed by atoms with E-state index >= 15 is 0 Å². The molecule has 7 nitrogen and oxygen atoms in total. The van der Waals surface area contributed by atoms with Crippen molar-refractivity contribution in [3.8, 4) is 6.07 Å². The van der Waals surface area contributed by atoms with Crippen molar-refractivity contribution in [3.05, 3.63) is 0 Å². The van der Waals surface area contributed by atoms with Crippen molar-refractivity contribution >= 4 is 12.0 Å². The number of rotatable bonds is 2. The minimum atomic E-state index is -0.798. The van der Waals surface area contributed by atoms with Crippen molar-refractivity contribution in [2.75, 3.05) is 19.7 Å². The van der Waals surface area contributed by atoms with E-state index in [1.54, 1.807) is 4.90 Å². The van der Waals surface area contributed by atoms with Gasteiger partial charge >= 0.3 is 12.0 Å². The van der Waals surface area contributed by atoms with Crippen LogP contribution in [0.4, 0.5) is 4.79 Å². The molecule has 3 atom stereocenters. The Labute approximate surface area is 111 Å². The third-order valence-electron chi connectivity index (χ3n) is 3.61. The molecular weight excluding hydrogens is 250 g/mol. The van der Waals surface area contributed by atoms with Gasteiger partial charge in [0.1, 0.15) is 0 Å². The predicted octanol–water partition coefficient (Wildman–Crippen LogP) is 0.174. The van der Waals surface area contributed by atoms with Crippen molar-refractivity contribution in [1.29, 1.82) is 5.26 Å². The first-order chi connectivity index (χ1) is 9.10. The fourth-order valence-electron chi connectivity index (χ4n) is 2.51. The van der Waals surface area contributed by atoms with E-state index in [4.69, 9.17) is 15.1 Å². The van der Waals surface area contributed by atoms with Gasteiger partial charge in [-0.2, -0.15) is 5.26 Å². The molecule has 1 heterocycles. The molecule has 2 aliphatic rings. The van der Waals surface area contributed by atoms with E-state index in [1.807, 2.05) is 6.07 Å². The van der Waals surface area contributed by atoms with Gasteiger partial charge in [-0.25, -0.2) is 4.79 Å². The maximum absolute atomic E-state index is 12.0. The molecule has 0 aromatic carbocycles. The number of carboxylic acids is 1. The van der Waals surface area contributed by atoms with Gasteiger partial charge in [0.05, 0.1) is 25.1 Å². The number of hydrogen-bond donors (Lipinski definition) is 2. The monoisotopic (exact) mass is 267 g/mol. The smallest absolute Gasteiger partial charge is 0.317 e. The topological polar surface area (TPSA) is 103 Å². The average Bonchev–Trinajstić information content (AvgIpc) is 2.87. The van der Waals surface area contributed by atoms with Gasteiger partial charge in [-0.15, -0.1) is 0 Å². The van der Waals surface area contributed by atoms with Crippen LogP contribution in [0, 0.1) is 17.2 Å². The van der Waals surface area contributed by atoms with Crippen LogP contribution in [0.15, 0.2) is 0 Å².